The summed E-state index contributed by atoms with van der Waals surface area (Å²) in [7, 11) is -2.83. The summed E-state index contributed by atoms with van der Waals surface area (Å²) >= 11 is 0. The molecular formula is C12H15NO3Si. The fourth-order valence-corrected chi connectivity index (χ4v) is 2.63. The molecule has 4 nitrogen and oxygen atoms in total. The molecule has 1 heterocycles. The molecule has 0 spiro atoms. The van der Waals surface area contributed by atoms with Crippen LogP contribution in [-0.4, -0.2) is 26.3 Å². The number of allylic oxidation sites excluding steroid dienone is 4. The van der Waals surface area contributed by atoms with Gasteiger partial charge in [0, 0.05) is 12.6 Å². The highest BCUT2D eigenvalue weighted by Crippen LogP contribution is 2.42. The van der Waals surface area contributed by atoms with E-state index in [0.717, 1.165) is 17.7 Å². The fraction of sp³-hybridized carbons (Fsp3) is 0.417. The van der Waals surface area contributed by atoms with Crippen LogP contribution in [0.15, 0.2) is 41.1 Å². The number of hydrogen-bond acceptors (Lipinski definition) is 3. The number of nitrogens with zero attached hydrogens (tertiary/aromatic N) is 1. The van der Waals surface area contributed by atoms with E-state index in [0.29, 0.717) is 6.42 Å². The maximum Gasteiger partial charge on any atom is 0.764 e. The third-order valence-electron chi connectivity index (χ3n) is 3.29. The number of hydrogen-bond donors (Lipinski definition) is 1. The van der Waals surface area contributed by atoms with Gasteiger partial charge in [-0.25, -0.2) is 0 Å². The molecule has 1 aliphatic carbocycles. The first-order chi connectivity index (χ1) is 8.19. The molecule has 0 radical (unpaired) electrons. The van der Waals surface area contributed by atoms with Gasteiger partial charge in [0.05, 0.1) is 17.7 Å². The fourth-order valence-electron chi connectivity index (χ4n) is 2.35. The van der Waals surface area contributed by atoms with Crippen LogP contribution in [0.1, 0.15) is 19.8 Å². The molecule has 2 aliphatic rings. The van der Waals surface area contributed by atoms with Crippen molar-refractivity contribution in [1.29, 1.82) is 0 Å². The van der Waals surface area contributed by atoms with E-state index in [1.165, 1.54) is 0 Å². The van der Waals surface area contributed by atoms with Gasteiger partial charge in [0.25, 0.3) is 0 Å². The Balaban J connectivity index is 2.08. The lowest BCUT2D eigenvalue weighted by Crippen LogP contribution is -2.28. The predicted octanol–water partition coefficient (Wildman–Crippen LogP) is 1.66. The third kappa shape index (κ3) is 2.15. The summed E-state index contributed by atoms with van der Waals surface area (Å²) in [6.45, 7) is 2.39. The lowest BCUT2D eigenvalue weighted by molar-refractivity contribution is 0.224. The van der Waals surface area contributed by atoms with E-state index in [2.05, 4.69) is 18.0 Å². The van der Waals surface area contributed by atoms with E-state index in [1.54, 1.807) is 0 Å². The summed E-state index contributed by atoms with van der Waals surface area (Å²) in [5, 5.41) is 0. The van der Waals surface area contributed by atoms with Gasteiger partial charge in [-0.15, -0.1) is 0 Å². The Morgan fingerprint density at radius 1 is 1.53 bits per heavy atom. The summed E-state index contributed by atoms with van der Waals surface area (Å²) in [5.74, 6) is 0. The second-order valence-corrected chi connectivity index (χ2v) is 4.90. The molecule has 5 heteroatoms. The molecule has 0 aromatic rings. The Morgan fingerprint density at radius 3 is 3.06 bits per heavy atom. The van der Waals surface area contributed by atoms with E-state index in [1.807, 2.05) is 24.4 Å². The molecule has 1 aliphatic heterocycles. The first-order valence-corrected chi connectivity index (χ1v) is 6.95. The van der Waals surface area contributed by atoms with Crippen molar-refractivity contribution in [2.24, 2.45) is 10.4 Å². The normalized spacial score (nSPS) is 25.2. The number of aliphatic imine (C=N–C) groups is 1. The van der Waals surface area contributed by atoms with Gasteiger partial charge in [0.1, 0.15) is 0 Å². The Kier molecular flexibility index (Phi) is 3.37. The molecule has 0 saturated heterocycles. The van der Waals surface area contributed by atoms with Crippen molar-refractivity contribution in [3.8, 4) is 0 Å². The van der Waals surface area contributed by atoms with Crippen LogP contribution < -0.4 is 0 Å². The second kappa shape index (κ2) is 4.79. The largest absolute Gasteiger partial charge is 0.764 e. The monoisotopic (exact) mass is 249 g/mol. The average Bonchev–Trinajstić information content (AvgIpc) is 2.69. The van der Waals surface area contributed by atoms with Crippen molar-refractivity contribution in [2.75, 3.05) is 6.61 Å². The number of fused-ring (bicyclic) bond motifs is 1. The molecule has 0 amide bonds. The van der Waals surface area contributed by atoms with E-state index in [9.17, 15) is 4.46 Å². The van der Waals surface area contributed by atoms with Crippen LogP contribution in [0.4, 0.5) is 0 Å². The molecule has 0 unspecified atom stereocenters. The zero-order valence-corrected chi connectivity index (χ0v) is 10.7. The minimum absolute atomic E-state index is 0.122. The van der Waals surface area contributed by atoms with E-state index in [4.69, 9.17) is 9.22 Å². The van der Waals surface area contributed by atoms with Crippen LogP contribution in [0, 0.1) is 5.41 Å². The van der Waals surface area contributed by atoms with E-state index < -0.39 is 9.17 Å². The maximum atomic E-state index is 10.5. The molecule has 0 bridgehead atoms. The molecule has 0 saturated carbocycles. The van der Waals surface area contributed by atoms with E-state index >= 15 is 0 Å². The van der Waals surface area contributed by atoms with Crippen molar-refractivity contribution >= 4 is 14.9 Å². The molecule has 90 valence electrons. The van der Waals surface area contributed by atoms with Crippen molar-refractivity contribution in [2.45, 2.75) is 19.8 Å². The average molecular weight is 249 g/mol. The van der Waals surface area contributed by atoms with Gasteiger partial charge < -0.3 is 9.22 Å². The molecule has 0 fully saturated rings. The van der Waals surface area contributed by atoms with Crippen molar-refractivity contribution in [3.63, 3.8) is 0 Å². The minimum atomic E-state index is -2.83. The molecule has 17 heavy (non-hydrogen) atoms. The lowest BCUT2D eigenvalue weighted by atomic mass is 9.72. The quantitative estimate of drug-likeness (QED) is 0.754. The Labute approximate surface area is 102 Å². The minimum Gasteiger partial charge on any atom is -0.511 e. The summed E-state index contributed by atoms with van der Waals surface area (Å²) in [6, 6.07) is 0. The van der Waals surface area contributed by atoms with Gasteiger partial charge >= 0.3 is 9.17 Å². The molecule has 0 aromatic heterocycles. The molecule has 0 aromatic carbocycles. The van der Waals surface area contributed by atoms with Gasteiger partial charge in [0.15, 0.2) is 0 Å². The first-order valence-electron chi connectivity index (χ1n) is 5.68. The maximum absolute atomic E-state index is 10.5. The van der Waals surface area contributed by atoms with Crippen molar-refractivity contribution in [3.05, 3.63) is 36.1 Å². The summed E-state index contributed by atoms with van der Waals surface area (Å²) in [4.78, 5) is 13.0. The molecule has 1 atom stereocenters. The van der Waals surface area contributed by atoms with Gasteiger partial charge in [0.2, 0.25) is 0 Å². The topological polar surface area (TPSA) is 58.9 Å². The summed E-state index contributed by atoms with van der Waals surface area (Å²) in [6.07, 6.45) is 11.6. The third-order valence-corrected chi connectivity index (χ3v) is 3.74. The standard InChI is InChI=1S/C12H15NO3Si/c1-2-12-7-4-3-5-11(12)13-9-10(12)6-8-16-17(14)15/h3-5,7,9,14H,2,6,8H2,1H3/t12-/m0/s1. The summed E-state index contributed by atoms with van der Waals surface area (Å²) in [5.41, 5.74) is 2.08. The number of rotatable bonds is 5. The van der Waals surface area contributed by atoms with Crippen LogP contribution in [-0.2, 0) is 8.89 Å². The molecule has 2 rings (SSSR count). The van der Waals surface area contributed by atoms with Gasteiger partial charge in [-0.3, -0.25) is 9.45 Å². The zero-order valence-electron chi connectivity index (χ0n) is 9.72. The SMILES string of the molecule is CC[C@@]12C=CC=CC1=NC=C2CCO[Si](=O)O. The van der Waals surface area contributed by atoms with Crippen LogP contribution in [0.2, 0.25) is 0 Å². The highest BCUT2D eigenvalue weighted by Gasteiger charge is 2.38. The van der Waals surface area contributed by atoms with Crippen molar-refractivity contribution in [1.82, 2.24) is 0 Å². The Morgan fingerprint density at radius 2 is 2.35 bits per heavy atom. The van der Waals surface area contributed by atoms with Crippen LogP contribution >= 0.6 is 0 Å². The Hall–Kier alpha value is -1.49. The van der Waals surface area contributed by atoms with Crippen LogP contribution in [0.25, 0.3) is 0 Å². The van der Waals surface area contributed by atoms with Gasteiger partial charge in [-0.1, -0.05) is 25.2 Å². The highest BCUT2D eigenvalue weighted by atomic mass is 28.3. The smallest absolute Gasteiger partial charge is 0.511 e. The summed E-state index contributed by atoms with van der Waals surface area (Å²) < 4.78 is 15.2. The molecular weight excluding hydrogens is 234 g/mol. The molecule has 1 N–H and O–H groups in total. The first kappa shape index (κ1) is 12.0. The zero-order chi connectivity index (χ0) is 12.3. The van der Waals surface area contributed by atoms with Gasteiger partial charge in [-0.2, -0.15) is 0 Å². The predicted molar refractivity (Wildman–Crippen MR) is 65.8 cm³/mol. The highest BCUT2D eigenvalue weighted by molar-refractivity contribution is 6.24. The second-order valence-electron chi connectivity index (χ2n) is 4.08. The van der Waals surface area contributed by atoms with Crippen LogP contribution in [0.3, 0.4) is 0 Å². The lowest BCUT2D eigenvalue weighted by Gasteiger charge is -2.30. The van der Waals surface area contributed by atoms with Crippen LogP contribution in [0.5, 0.6) is 0 Å². The van der Waals surface area contributed by atoms with Gasteiger partial charge in [-0.05, 0) is 18.1 Å². The Bertz CT molecular complexity index is 451. The van der Waals surface area contributed by atoms with E-state index in [-0.39, 0.29) is 12.0 Å². The van der Waals surface area contributed by atoms with Crippen molar-refractivity contribution < 1.29 is 13.7 Å².